The first-order valence-corrected chi connectivity index (χ1v) is 6.75. The zero-order chi connectivity index (χ0) is 13.7. The molecule has 0 aromatic heterocycles. The van der Waals surface area contributed by atoms with Gasteiger partial charge in [-0.15, -0.1) is 0 Å². The maximum absolute atomic E-state index is 11.7. The molecule has 0 fully saturated rings. The normalized spacial score (nSPS) is 13.7. The van der Waals surface area contributed by atoms with Crippen molar-refractivity contribution >= 4 is 28.4 Å². The van der Waals surface area contributed by atoms with Crippen molar-refractivity contribution in [3.8, 4) is 0 Å². The van der Waals surface area contributed by atoms with Crippen LogP contribution in [0.4, 0.5) is 5.69 Å². The number of rotatable bonds is 5. The SMILES string of the molecule is Cc1ccc(NC(=O)C(C)S(=O)CC(=O)O)cc1. The number of nitrogens with one attached hydrogen (secondary N) is 1. The fourth-order valence-corrected chi connectivity index (χ4v) is 2.04. The molecule has 0 saturated heterocycles. The van der Waals surface area contributed by atoms with E-state index in [1.54, 1.807) is 12.1 Å². The standard InChI is InChI=1S/C12H15NO4S/c1-8-3-5-10(6-4-8)13-12(16)9(2)18(17)7-11(14)15/h3-6,9H,7H2,1-2H3,(H,13,16)(H,14,15). The highest BCUT2D eigenvalue weighted by Gasteiger charge is 2.21. The van der Waals surface area contributed by atoms with Crippen LogP contribution in [0.3, 0.4) is 0 Å². The Bertz CT molecular complexity index is 469. The van der Waals surface area contributed by atoms with Gasteiger partial charge in [0.15, 0.2) is 0 Å². The summed E-state index contributed by atoms with van der Waals surface area (Å²) < 4.78 is 11.5. The van der Waals surface area contributed by atoms with Crippen molar-refractivity contribution in [1.29, 1.82) is 0 Å². The summed E-state index contributed by atoms with van der Waals surface area (Å²) in [6.45, 7) is 3.37. The van der Waals surface area contributed by atoms with Crippen molar-refractivity contribution in [2.24, 2.45) is 0 Å². The number of amides is 1. The lowest BCUT2D eigenvalue weighted by atomic mass is 10.2. The number of carboxylic acid groups (broad SMARTS) is 1. The number of benzene rings is 1. The molecule has 0 heterocycles. The summed E-state index contributed by atoms with van der Waals surface area (Å²) in [6.07, 6.45) is 0. The Morgan fingerprint density at radius 3 is 2.39 bits per heavy atom. The second-order valence-corrected chi connectivity index (χ2v) is 5.67. The number of anilines is 1. The fourth-order valence-electron chi connectivity index (χ4n) is 1.25. The lowest BCUT2D eigenvalue weighted by Crippen LogP contribution is -2.31. The number of carboxylic acids is 1. The molecule has 1 rings (SSSR count). The Hall–Kier alpha value is -1.69. The summed E-state index contributed by atoms with van der Waals surface area (Å²) in [6, 6.07) is 7.16. The van der Waals surface area contributed by atoms with Gasteiger partial charge < -0.3 is 10.4 Å². The van der Waals surface area contributed by atoms with Gasteiger partial charge in [0.05, 0.1) is 0 Å². The zero-order valence-electron chi connectivity index (χ0n) is 10.2. The summed E-state index contributed by atoms with van der Waals surface area (Å²) in [5, 5.41) is 10.2. The van der Waals surface area contributed by atoms with Crippen molar-refractivity contribution in [1.82, 2.24) is 0 Å². The van der Waals surface area contributed by atoms with Gasteiger partial charge in [-0.3, -0.25) is 13.8 Å². The van der Waals surface area contributed by atoms with Crippen molar-refractivity contribution in [3.05, 3.63) is 29.8 Å². The van der Waals surface area contributed by atoms with Crippen molar-refractivity contribution in [3.63, 3.8) is 0 Å². The molecule has 0 spiro atoms. The third-order valence-corrected chi connectivity index (χ3v) is 3.88. The second kappa shape index (κ2) is 6.30. The molecule has 6 heteroatoms. The molecule has 1 amide bonds. The molecule has 0 aliphatic rings. The molecule has 2 N–H and O–H groups in total. The minimum absolute atomic E-state index is 0.446. The lowest BCUT2D eigenvalue weighted by molar-refractivity contribution is -0.133. The van der Waals surface area contributed by atoms with E-state index in [4.69, 9.17) is 5.11 Å². The van der Waals surface area contributed by atoms with Gasteiger partial charge in [0.25, 0.3) is 0 Å². The maximum atomic E-state index is 11.7. The lowest BCUT2D eigenvalue weighted by Gasteiger charge is -2.11. The number of hydrogen-bond acceptors (Lipinski definition) is 3. The molecular weight excluding hydrogens is 254 g/mol. The van der Waals surface area contributed by atoms with Crippen molar-refractivity contribution in [2.75, 3.05) is 11.1 Å². The van der Waals surface area contributed by atoms with Crippen LogP contribution in [0.15, 0.2) is 24.3 Å². The number of aryl methyl sites for hydroxylation is 1. The first-order chi connectivity index (χ1) is 8.40. The van der Waals surface area contributed by atoms with Crippen LogP contribution in [0.5, 0.6) is 0 Å². The summed E-state index contributed by atoms with van der Waals surface area (Å²) >= 11 is 0. The molecule has 98 valence electrons. The minimum Gasteiger partial charge on any atom is -0.481 e. The predicted octanol–water partition coefficient (Wildman–Crippen LogP) is 1.16. The van der Waals surface area contributed by atoms with Crippen LogP contribution in [-0.4, -0.2) is 32.2 Å². The molecule has 5 nitrogen and oxygen atoms in total. The van der Waals surface area contributed by atoms with E-state index < -0.39 is 33.7 Å². The first-order valence-electron chi connectivity index (χ1n) is 5.36. The highest BCUT2D eigenvalue weighted by atomic mass is 32.2. The number of hydrogen-bond donors (Lipinski definition) is 2. The van der Waals surface area contributed by atoms with Crippen LogP contribution in [0.25, 0.3) is 0 Å². The second-order valence-electron chi connectivity index (χ2n) is 3.92. The molecule has 1 aromatic rings. The first kappa shape index (κ1) is 14.4. The van der Waals surface area contributed by atoms with Crippen LogP contribution in [0.1, 0.15) is 12.5 Å². The molecule has 0 aliphatic heterocycles. The summed E-state index contributed by atoms with van der Waals surface area (Å²) in [5.41, 5.74) is 1.67. The van der Waals surface area contributed by atoms with Crippen LogP contribution in [-0.2, 0) is 20.4 Å². The molecule has 0 bridgehead atoms. The Labute approximate surface area is 108 Å². The van der Waals surface area contributed by atoms with Gasteiger partial charge >= 0.3 is 5.97 Å². The minimum atomic E-state index is -1.71. The smallest absolute Gasteiger partial charge is 0.316 e. The van der Waals surface area contributed by atoms with Crippen LogP contribution < -0.4 is 5.32 Å². The monoisotopic (exact) mass is 269 g/mol. The third-order valence-electron chi connectivity index (χ3n) is 2.35. The Kier molecular flexibility index (Phi) is 5.03. The molecule has 0 saturated carbocycles. The van der Waals surface area contributed by atoms with Gasteiger partial charge in [0, 0.05) is 16.5 Å². The van der Waals surface area contributed by atoms with E-state index in [2.05, 4.69) is 5.32 Å². The average molecular weight is 269 g/mol. The highest BCUT2D eigenvalue weighted by Crippen LogP contribution is 2.10. The largest absolute Gasteiger partial charge is 0.481 e. The van der Waals surface area contributed by atoms with Crippen LogP contribution in [0, 0.1) is 6.92 Å². The van der Waals surface area contributed by atoms with Crippen molar-refractivity contribution in [2.45, 2.75) is 19.1 Å². The van der Waals surface area contributed by atoms with Gasteiger partial charge in [-0.25, -0.2) is 0 Å². The number of carbonyl (C=O) groups excluding carboxylic acids is 1. The molecule has 18 heavy (non-hydrogen) atoms. The summed E-state index contributed by atoms with van der Waals surface area (Å²) in [4.78, 5) is 22.1. The van der Waals surface area contributed by atoms with E-state index in [0.29, 0.717) is 5.69 Å². The molecule has 0 aliphatic carbocycles. The van der Waals surface area contributed by atoms with E-state index in [-0.39, 0.29) is 0 Å². The van der Waals surface area contributed by atoms with Gasteiger partial charge in [0.2, 0.25) is 5.91 Å². The van der Waals surface area contributed by atoms with Crippen LogP contribution >= 0.6 is 0 Å². The third kappa shape index (κ3) is 4.29. The number of aliphatic carboxylic acids is 1. The van der Waals surface area contributed by atoms with Gasteiger partial charge in [-0.1, -0.05) is 17.7 Å². The molecule has 0 radical (unpaired) electrons. The Morgan fingerprint density at radius 1 is 1.33 bits per heavy atom. The molecular formula is C12H15NO4S. The van der Waals surface area contributed by atoms with E-state index in [1.807, 2.05) is 19.1 Å². The average Bonchev–Trinajstić information content (AvgIpc) is 2.30. The topological polar surface area (TPSA) is 83.5 Å². The molecule has 2 atom stereocenters. The van der Waals surface area contributed by atoms with Crippen LogP contribution in [0.2, 0.25) is 0 Å². The van der Waals surface area contributed by atoms with E-state index in [1.165, 1.54) is 6.92 Å². The fraction of sp³-hybridized carbons (Fsp3) is 0.333. The van der Waals surface area contributed by atoms with Gasteiger partial charge in [-0.2, -0.15) is 0 Å². The molecule has 1 aromatic carbocycles. The predicted molar refractivity (Wildman–Crippen MR) is 69.9 cm³/mol. The highest BCUT2D eigenvalue weighted by molar-refractivity contribution is 7.87. The molecule has 2 unspecified atom stereocenters. The Morgan fingerprint density at radius 2 is 1.89 bits per heavy atom. The Balaban J connectivity index is 2.62. The van der Waals surface area contributed by atoms with E-state index in [0.717, 1.165) is 5.56 Å². The van der Waals surface area contributed by atoms with E-state index >= 15 is 0 Å². The number of carbonyl (C=O) groups is 2. The van der Waals surface area contributed by atoms with Crippen molar-refractivity contribution < 1.29 is 18.9 Å². The quantitative estimate of drug-likeness (QED) is 0.840. The van der Waals surface area contributed by atoms with E-state index in [9.17, 15) is 13.8 Å². The maximum Gasteiger partial charge on any atom is 0.316 e. The summed E-state index contributed by atoms with van der Waals surface area (Å²) in [5.74, 6) is -2.15. The summed E-state index contributed by atoms with van der Waals surface area (Å²) in [7, 11) is -1.71. The van der Waals surface area contributed by atoms with Gasteiger partial charge in [0.1, 0.15) is 11.0 Å². The van der Waals surface area contributed by atoms with Gasteiger partial charge in [-0.05, 0) is 26.0 Å². The zero-order valence-corrected chi connectivity index (χ0v) is 11.0.